The van der Waals surface area contributed by atoms with E-state index >= 15 is 0 Å². The van der Waals surface area contributed by atoms with Crippen LogP contribution in [0.3, 0.4) is 0 Å². The Balaban J connectivity index is 1.74. The largest absolute Gasteiger partial charge is 0.463 e. The minimum atomic E-state index is -0.868. The molecule has 0 unspecified atom stereocenters. The molecular formula is C14H14N2O7. The molecule has 1 fully saturated rings. The summed E-state index contributed by atoms with van der Waals surface area (Å²) in [5.74, 6) is -1.64. The maximum atomic E-state index is 11.8. The van der Waals surface area contributed by atoms with Crippen molar-refractivity contribution in [1.82, 2.24) is 5.32 Å². The number of nitrogens with zero attached hydrogens (tertiary/aromatic N) is 1. The maximum Gasteiger partial charge on any atom is 0.347 e. The number of hydrogen-bond donors (Lipinski definition) is 1. The van der Waals surface area contributed by atoms with Gasteiger partial charge in [0.25, 0.3) is 11.6 Å². The average Bonchev–Trinajstić information content (AvgIpc) is 2.92. The fourth-order valence-electron chi connectivity index (χ4n) is 1.92. The van der Waals surface area contributed by atoms with E-state index in [-0.39, 0.29) is 30.8 Å². The first-order valence-electron chi connectivity index (χ1n) is 6.86. The monoisotopic (exact) mass is 322 g/mol. The smallest absolute Gasteiger partial charge is 0.347 e. The molecule has 1 aliphatic heterocycles. The van der Waals surface area contributed by atoms with Gasteiger partial charge in [0.2, 0.25) is 6.10 Å². The van der Waals surface area contributed by atoms with Crippen molar-refractivity contribution >= 4 is 23.5 Å². The molecule has 0 radical (unpaired) electrons. The molecule has 0 spiro atoms. The highest BCUT2D eigenvalue weighted by Gasteiger charge is 2.29. The standard InChI is InChI=1S/C14H14N2O7/c17-12(23-11-6-8-22-14(11)19)5-7-15-13(18)9-1-3-10(4-2-9)16(20)21/h1-4,11H,5-8H2,(H,15,18)/t11-/m1/s1. The van der Waals surface area contributed by atoms with Crippen LogP contribution in [-0.2, 0) is 19.1 Å². The van der Waals surface area contributed by atoms with Crippen molar-refractivity contribution in [3.8, 4) is 0 Å². The summed E-state index contributed by atoms with van der Waals surface area (Å²) >= 11 is 0. The van der Waals surface area contributed by atoms with Crippen molar-refractivity contribution in [3.63, 3.8) is 0 Å². The van der Waals surface area contributed by atoms with Gasteiger partial charge in [0.1, 0.15) is 0 Å². The predicted molar refractivity (Wildman–Crippen MR) is 75.5 cm³/mol. The van der Waals surface area contributed by atoms with Gasteiger partial charge >= 0.3 is 11.9 Å². The second-order valence-corrected chi connectivity index (χ2v) is 4.74. The van der Waals surface area contributed by atoms with Crippen LogP contribution in [0.1, 0.15) is 23.2 Å². The molecule has 23 heavy (non-hydrogen) atoms. The first kappa shape index (κ1) is 16.4. The highest BCUT2D eigenvalue weighted by atomic mass is 16.6. The first-order valence-corrected chi connectivity index (χ1v) is 6.86. The van der Waals surface area contributed by atoms with E-state index in [2.05, 4.69) is 10.1 Å². The minimum Gasteiger partial charge on any atom is -0.463 e. The van der Waals surface area contributed by atoms with Crippen LogP contribution < -0.4 is 5.32 Å². The Labute approximate surface area is 130 Å². The van der Waals surface area contributed by atoms with E-state index in [1.165, 1.54) is 24.3 Å². The molecule has 1 aromatic rings. The molecule has 1 saturated heterocycles. The van der Waals surface area contributed by atoms with Crippen LogP contribution in [0.2, 0.25) is 0 Å². The fourth-order valence-corrected chi connectivity index (χ4v) is 1.92. The van der Waals surface area contributed by atoms with Gasteiger partial charge in [-0.2, -0.15) is 0 Å². The predicted octanol–water partition coefficient (Wildman–Crippen LogP) is 0.573. The van der Waals surface area contributed by atoms with Gasteiger partial charge < -0.3 is 14.8 Å². The zero-order valence-electron chi connectivity index (χ0n) is 12.0. The number of hydrogen-bond acceptors (Lipinski definition) is 7. The molecule has 1 N–H and O–H groups in total. The molecule has 0 bridgehead atoms. The van der Waals surface area contributed by atoms with Gasteiger partial charge in [0.15, 0.2) is 0 Å². The number of ether oxygens (including phenoxy) is 2. The molecule has 1 aliphatic rings. The Morgan fingerprint density at radius 2 is 2.04 bits per heavy atom. The second-order valence-electron chi connectivity index (χ2n) is 4.74. The number of rotatable bonds is 6. The first-order chi connectivity index (χ1) is 11.0. The Kier molecular flexibility index (Phi) is 5.23. The highest BCUT2D eigenvalue weighted by Crippen LogP contribution is 2.12. The molecule has 0 saturated carbocycles. The van der Waals surface area contributed by atoms with E-state index in [0.29, 0.717) is 6.42 Å². The number of nitrogens with one attached hydrogen (secondary N) is 1. The van der Waals surface area contributed by atoms with Crippen LogP contribution in [0.15, 0.2) is 24.3 Å². The SMILES string of the molecule is O=C(CCNC(=O)c1ccc([N+](=O)[O-])cc1)O[C@@H]1CCOC1=O. The van der Waals surface area contributed by atoms with Crippen molar-refractivity contribution in [2.75, 3.05) is 13.2 Å². The van der Waals surface area contributed by atoms with Gasteiger partial charge in [-0.05, 0) is 12.1 Å². The zero-order chi connectivity index (χ0) is 16.8. The van der Waals surface area contributed by atoms with Gasteiger partial charge in [-0.25, -0.2) is 4.79 Å². The molecule has 0 aromatic heterocycles. The lowest BCUT2D eigenvalue weighted by Gasteiger charge is -2.09. The van der Waals surface area contributed by atoms with Gasteiger partial charge in [0.05, 0.1) is 18.0 Å². The van der Waals surface area contributed by atoms with Crippen LogP contribution in [0.25, 0.3) is 0 Å². The average molecular weight is 322 g/mol. The third-order valence-electron chi connectivity index (χ3n) is 3.12. The molecule has 1 heterocycles. The lowest BCUT2D eigenvalue weighted by atomic mass is 10.2. The summed E-state index contributed by atoms with van der Waals surface area (Å²) in [4.78, 5) is 44.4. The van der Waals surface area contributed by atoms with E-state index < -0.39 is 28.9 Å². The molecule has 2 rings (SSSR count). The van der Waals surface area contributed by atoms with E-state index in [9.17, 15) is 24.5 Å². The van der Waals surface area contributed by atoms with E-state index in [1.807, 2.05) is 0 Å². The molecular weight excluding hydrogens is 308 g/mol. The summed E-state index contributed by atoms with van der Waals surface area (Å²) in [5.41, 5.74) is 0.122. The number of carbonyl (C=O) groups is 3. The number of carbonyl (C=O) groups excluding carboxylic acids is 3. The molecule has 0 aliphatic carbocycles. The molecule has 122 valence electrons. The summed E-state index contributed by atoms with van der Waals surface area (Å²) in [6.07, 6.45) is -0.629. The van der Waals surface area contributed by atoms with Crippen molar-refractivity contribution in [2.24, 2.45) is 0 Å². The number of amides is 1. The Hall–Kier alpha value is -2.97. The minimum absolute atomic E-state index is 0.0242. The molecule has 9 nitrogen and oxygen atoms in total. The molecule has 1 atom stereocenters. The van der Waals surface area contributed by atoms with Gasteiger partial charge in [-0.1, -0.05) is 0 Å². The third kappa shape index (κ3) is 4.50. The summed E-state index contributed by atoms with van der Waals surface area (Å²) in [6, 6.07) is 5.07. The Morgan fingerprint density at radius 3 is 2.61 bits per heavy atom. The lowest BCUT2D eigenvalue weighted by Crippen LogP contribution is -2.28. The van der Waals surface area contributed by atoms with Gasteiger partial charge in [0, 0.05) is 30.7 Å². The van der Waals surface area contributed by atoms with Crippen molar-refractivity contribution < 1.29 is 28.8 Å². The van der Waals surface area contributed by atoms with Crippen LogP contribution in [0, 0.1) is 10.1 Å². The van der Waals surface area contributed by atoms with Crippen molar-refractivity contribution in [3.05, 3.63) is 39.9 Å². The molecule has 9 heteroatoms. The van der Waals surface area contributed by atoms with E-state index in [0.717, 1.165) is 0 Å². The highest BCUT2D eigenvalue weighted by molar-refractivity contribution is 5.94. The number of nitro benzene ring substituents is 1. The van der Waals surface area contributed by atoms with Crippen LogP contribution in [0.5, 0.6) is 0 Å². The summed E-state index contributed by atoms with van der Waals surface area (Å²) in [5, 5.41) is 13.0. The topological polar surface area (TPSA) is 125 Å². The molecule has 1 aromatic carbocycles. The van der Waals surface area contributed by atoms with Gasteiger partial charge in [-0.15, -0.1) is 0 Å². The quantitative estimate of drug-likeness (QED) is 0.461. The van der Waals surface area contributed by atoms with Crippen LogP contribution >= 0.6 is 0 Å². The zero-order valence-corrected chi connectivity index (χ0v) is 12.0. The number of cyclic esters (lactones) is 1. The third-order valence-corrected chi connectivity index (χ3v) is 3.12. The van der Waals surface area contributed by atoms with E-state index in [4.69, 9.17) is 4.74 Å². The molecule has 1 amide bonds. The summed E-state index contributed by atoms with van der Waals surface area (Å²) in [7, 11) is 0. The normalized spacial score (nSPS) is 16.5. The number of esters is 2. The Morgan fingerprint density at radius 1 is 1.35 bits per heavy atom. The Bertz CT molecular complexity index is 627. The number of benzene rings is 1. The number of nitro groups is 1. The fraction of sp³-hybridized carbons (Fsp3) is 0.357. The van der Waals surface area contributed by atoms with Crippen LogP contribution in [-0.4, -0.2) is 42.0 Å². The lowest BCUT2D eigenvalue weighted by molar-refractivity contribution is -0.384. The van der Waals surface area contributed by atoms with Crippen molar-refractivity contribution in [2.45, 2.75) is 18.9 Å². The van der Waals surface area contributed by atoms with E-state index in [1.54, 1.807) is 0 Å². The van der Waals surface area contributed by atoms with Crippen molar-refractivity contribution in [1.29, 1.82) is 0 Å². The number of non-ortho nitro benzene ring substituents is 1. The second kappa shape index (κ2) is 7.34. The van der Waals surface area contributed by atoms with Gasteiger partial charge in [-0.3, -0.25) is 19.7 Å². The summed E-state index contributed by atoms with van der Waals surface area (Å²) in [6.45, 7) is 0.254. The van der Waals surface area contributed by atoms with Crippen LogP contribution in [0.4, 0.5) is 5.69 Å². The maximum absolute atomic E-state index is 11.8. The summed E-state index contributed by atoms with van der Waals surface area (Å²) < 4.78 is 9.57.